The zero-order valence-electron chi connectivity index (χ0n) is 13.1. The number of anilines is 2. The predicted molar refractivity (Wildman–Crippen MR) is 94.4 cm³/mol. The molecular formula is C16H18ClN3O2S. The summed E-state index contributed by atoms with van der Waals surface area (Å²) in [6.45, 7) is 5.60. The first-order valence-electron chi connectivity index (χ1n) is 7.19. The molecule has 0 radical (unpaired) electrons. The van der Waals surface area contributed by atoms with Gasteiger partial charge in [0.05, 0.1) is 0 Å². The molecular weight excluding hydrogens is 334 g/mol. The number of amides is 2. The second-order valence-electron chi connectivity index (χ2n) is 5.55. The van der Waals surface area contributed by atoms with Gasteiger partial charge in [-0.05, 0) is 36.6 Å². The van der Waals surface area contributed by atoms with E-state index in [0.717, 1.165) is 11.3 Å². The SMILES string of the molecule is CC(=O)Nc1ccc(NC(=O)c2nc(Cl)sc2CC(C)C)cc1. The van der Waals surface area contributed by atoms with E-state index in [1.54, 1.807) is 24.3 Å². The molecule has 2 aromatic rings. The molecule has 0 aliphatic rings. The maximum atomic E-state index is 12.4. The van der Waals surface area contributed by atoms with E-state index >= 15 is 0 Å². The van der Waals surface area contributed by atoms with E-state index in [2.05, 4.69) is 29.5 Å². The van der Waals surface area contributed by atoms with Crippen LogP contribution in [0.15, 0.2) is 24.3 Å². The summed E-state index contributed by atoms with van der Waals surface area (Å²) in [6, 6.07) is 6.89. The number of benzene rings is 1. The van der Waals surface area contributed by atoms with Crippen LogP contribution >= 0.6 is 22.9 Å². The summed E-state index contributed by atoms with van der Waals surface area (Å²) in [6.07, 6.45) is 0.759. The van der Waals surface area contributed by atoms with Crippen molar-refractivity contribution in [2.75, 3.05) is 10.6 Å². The maximum Gasteiger partial charge on any atom is 0.275 e. The molecule has 0 fully saturated rings. The maximum absolute atomic E-state index is 12.4. The molecule has 0 aliphatic carbocycles. The molecule has 0 spiro atoms. The highest BCUT2D eigenvalue weighted by molar-refractivity contribution is 7.16. The van der Waals surface area contributed by atoms with Gasteiger partial charge in [0.1, 0.15) is 5.69 Å². The Bertz CT molecular complexity index is 711. The number of rotatable bonds is 5. The molecule has 0 saturated heterocycles. The Labute approximate surface area is 144 Å². The lowest BCUT2D eigenvalue weighted by molar-refractivity contribution is -0.114. The van der Waals surface area contributed by atoms with E-state index < -0.39 is 0 Å². The average molecular weight is 352 g/mol. The standard InChI is InChI=1S/C16H18ClN3O2S/c1-9(2)8-13-14(20-16(17)23-13)15(22)19-12-6-4-11(5-7-12)18-10(3)21/h4-7,9H,8H2,1-3H3,(H,18,21)(H,19,22). The van der Waals surface area contributed by atoms with E-state index in [0.29, 0.717) is 27.5 Å². The van der Waals surface area contributed by atoms with Gasteiger partial charge in [-0.2, -0.15) is 0 Å². The molecule has 1 heterocycles. The third-order valence-electron chi connectivity index (χ3n) is 2.94. The zero-order valence-corrected chi connectivity index (χ0v) is 14.7. The fraction of sp³-hybridized carbons (Fsp3) is 0.312. The highest BCUT2D eigenvalue weighted by Gasteiger charge is 2.18. The van der Waals surface area contributed by atoms with E-state index in [1.165, 1.54) is 18.3 Å². The molecule has 1 aromatic carbocycles. The molecule has 0 saturated carbocycles. The molecule has 2 amide bonds. The number of thiazole rings is 1. The normalized spacial score (nSPS) is 10.7. The number of hydrogen-bond acceptors (Lipinski definition) is 4. The fourth-order valence-electron chi connectivity index (χ4n) is 2.04. The Morgan fingerprint density at radius 2 is 1.74 bits per heavy atom. The molecule has 2 rings (SSSR count). The van der Waals surface area contributed by atoms with Crippen LogP contribution in [-0.2, 0) is 11.2 Å². The minimum atomic E-state index is -0.281. The van der Waals surface area contributed by atoms with Crippen LogP contribution in [0, 0.1) is 5.92 Å². The highest BCUT2D eigenvalue weighted by Crippen LogP contribution is 2.26. The quantitative estimate of drug-likeness (QED) is 0.847. The number of hydrogen-bond donors (Lipinski definition) is 2. The molecule has 7 heteroatoms. The van der Waals surface area contributed by atoms with Crippen LogP contribution in [-0.4, -0.2) is 16.8 Å². The molecule has 122 valence electrons. The Hall–Kier alpha value is -1.92. The van der Waals surface area contributed by atoms with Crippen molar-refractivity contribution in [2.45, 2.75) is 27.2 Å². The molecule has 23 heavy (non-hydrogen) atoms. The number of halogens is 1. The third kappa shape index (κ3) is 5.04. The summed E-state index contributed by atoms with van der Waals surface area (Å²) < 4.78 is 0.367. The fourth-order valence-corrected chi connectivity index (χ4v) is 3.40. The molecule has 5 nitrogen and oxygen atoms in total. The number of nitrogens with one attached hydrogen (secondary N) is 2. The van der Waals surface area contributed by atoms with Gasteiger partial charge in [0.25, 0.3) is 5.91 Å². The Balaban J connectivity index is 2.11. The van der Waals surface area contributed by atoms with Gasteiger partial charge in [0.2, 0.25) is 5.91 Å². The van der Waals surface area contributed by atoms with Crippen LogP contribution in [0.3, 0.4) is 0 Å². The minimum absolute atomic E-state index is 0.141. The topological polar surface area (TPSA) is 71.1 Å². The lowest BCUT2D eigenvalue weighted by Crippen LogP contribution is -2.15. The second-order valence-corrected chi connectivity index (χ2v) is 7.21. The van der Waals surface area contributed by atoms with Gasteiger partial charge in [-0.3, -0.25) is 9.59 Å². The largest absolute Gasteiger partial charge is 0.326 e. The summed E-state index contributed by atoms with van der Waals surface area (Å²) in [5.74, 6) is -0.0108. The Morgan fingerprint density at radius 3 is 2.26 bits per heavy atom. The summed E-state index contributed by atoms with van der Waals surface area (Å²) in [7, 11) is 0. The monoisotopic (exact) mass is 351 g/mol. The van der Waals surface area contributed by atoms with Gasteiger partial charge in [-0.25, -0.2) is 4.98 Å². The van der Waals surface area contributed by atoms with Gasteiger partial charge >= 0.3 is 0 Å². The van der Waals surface area contributed by atoms with E-state index in [-0.39, 0.29) is 11.8 Å². The molecule has 0 unspecified atom stereocenters. The Kier molecular flexibility index (Phi) is 5.74. The van der Waals surface area contributed by atoms with Crippen molar-refractivity contribution in [3.63, 3.8) is 0 Å². The van der Waals surface area contributed by atoms with E-state index in [4.69, 9.17) is 11.6 Å². The molecule has 0 aliphatic heterocycles. The van der Waals surface area contributed by atoms with Crippen LogP contribution in [0.5, 0.6) is 0 Å². The van der Waals surface area contributed by atoms with Gasteiger partial charge < -0.3 is 10.6 Å². The lowest BCUT2D eigenvalue weighted by atomic mass is 10.1. The van der Waals surface area contributed by atoms with Crippen LogP contribution in [0.1, 0.15) is 36.1 Å². The zero-order chi connectivity index (χ0) is 17.0. The van der Waals surface area contributed by atoms with Crippen LogP contribution in [0.25, 0.3) is 0 Å². The first-order chi connectivity index (χ1) is 10.8. The molecule has 2 N–H and O–H groups in total. The number of carbonyl (C=O) groups excluding carboxylic acids is 2. The molecule has 1 aromatic heterocycles. The van der Waals surface area contributed by atoms with Crippen molar-refractivity contribution in [1.29, 1.82) is 0 Å². The smallest absolute Gasteiger partial charge is 0.275 e. The highest BCUT2D eigenvalue weighted by atomic mass is 35.5. The van der Waals surface area contributed by atoms with Crippen LogP contribution in [0.4, 0.5) is 11.4 Å². The van der Waals surface area contributed by atoms with E-state index in [1.807, 2.05) is 0 Å². The van der Waals surface area contributed by atoms with Crippen molar-refractivity contribution in [3.05, 3.63) is 39.3 Å². The van der Waals surface area contributed by atoms with Crippen molar-refractivity contribution >= 4 is 46.1 Å². The van der Waals surface area contributed by atoms with Gasteiger partial charge in [0, 0.05) is 23.2 Å². The summed E-state index contributed by atoms with van der Waals surface area (Å²) in [5.41, 5.74) is 1.68. The number of aromatic nitrogens is 1. The minimum Gasteiger partial charge on any atom is -0.326 e. The molecule has 0 atom stereocenters. The van der Waals surface area contributed by atoms with Gasteiger partial charge in [-0.1, -0.05) is 25.4 Å². The van der Waals surface area contributed by atoms with Crippen molar-refractivity contribution < 1.29 is 9.59 Å². The average Bonchev–Trinajstić information content (AvgIpc) is 2.80. The number of nitrogens with zero attached hydrogens (tertiary/aromatic N) is 1. The first-order valence-corrected chi connectivity index (χ1v) is 8.39. The van der Waals surface area contributed by atoms with Crippen molar-refractivity contribution in [3.8, 4) is 0 Å². The number of carbonyl (C=O) groups is 2. The van der Waals surface area contributed by atoms with Crippen LogP contribution in [0.2, 0.25) is 4.47 Å². The van der Waals surface area contributed by atoms with Crippen LogP contribution < -0.4 is 10.6 Å². The Morgan fingerprint density at radius 1 is 1.17 bits per heavy atom. The predicted octanol–water partition coefficient (Wildman–Crippen LogP) is 4.21. The van der Waals surface area contributed by atoms with Crippen molar-refractivity contribution in [2.24, 2.45) is 5.92 Å². The van der Waals surface area contributed by atoms with Gasteiger partial charge in [0.15, 0.2) is 4.47 Å². The van der Waals surface area contributed by atoms with Crippen molar-refractivity contribution in [1.82, 2.24) is 4.98 Å². The van der Waals surface area contributed by atoms with E-state index in [9.17, 15) is 9.59 Å². The third-order valence-corrected chi connectivity index (χ3v) is 4.13. The summed E-state index contributed by atoms with van der Waals surface area (Å²) >= 11 is 7.29. The second kappa shape index (κ2) is 7.57. The summed E-state index contributed by atoms with van der Waals surface area (Å²) in [4.78, 5) is 28.4. The summed E-state index contributed by atoms with van der Waals surface area (Å²) in [5, 5.41) is 5.47. The van der Waals surface area contributed by atoms with Gasteiger partial charge in [-0.15, -0.1) is 11.3 Å². The lowest BCUT2D eigenvalue weighted by Gasteiger charge is -2.08. The molecule has 0 bridgehead atoms. The first kappa shape index (κ1) is 17.4.